The Bertz CT molecular complexity index is 707. The quantitative estimate of drug-likeness (QED) is 0.886. The molecule has 0 aliphatic heterocycles. The van der Waals surface area contributed by atoms with Crippen molar-refractivity contribution in [2.75, 3.05) is 5.32 Å². The van der Waals surface area contributed by atoms with Gasteiger partial charge in [-0.05, 0) is 66.0 Å². The summed E-state index contributed by atoms with van der Waals surface area (Å²) < 4.78 is 2.06. The van der Waals surface area contributed by atoms with Crippen LogP contribution >= 0.6 is 27.3 Å². The van der Waals surface area contributed by atoms with Crippen molar-refractivity contribution >= 4 is 33.0 Å². The summed E-state index contributed by atoms with van der Waals surface area (Å²) >= 11 is 5.24. The number of nitrogens with zero attached hydrogens (tertiary/aromatic N) is 2. The Balaban J connectivity index is 1.91. The normalized spacial score (nSPS) is 17.8. The van der Waals surface area contributed by atoms with Gasteiger partial charge in [0.05, 0.1) is 24.0 Å². The molecule has 2 aromatic heterocycles. The molecule has 0 saturated heterocycles. The van der Waals surface area contributed by atoms with Crippen LogP contribution in [0.4, 0.5) is 5.69 Å². The van der Waals surface area contributed by atoms with Crippen LogP contribution in [-0.4, -0.2) is 9.78 Å². The highest BCUT2D eigenvalue weighted by atomic mass is 79.9. The second kappa shape index (κ2) is 5.93. The van der Waals surface area contributed by atoms with E-state index in [9.17, 15) is 4.79 Å². The van der Waals surface area contributed by atoms with Crippen LogP contribution in [0.15, 0.2) is 26.9 Å². The van der Waals surface area contributed by atoms with Crippen LogP contribution in [0.3, 0.4) is 0 Å². The molecule has 1 unspecified atom stereocenters. The van der Waals surface area contributed by atoms with Gasteiger partial charge in [-0.25, -0.2) is 4.68 Å². The first-order chi connectivity index (χ1) is 10.1. The smallest absolute Gasteiger partial charge is 0.283 e. The molecule has 0 fully saturated rings. The van der Waals surface area contributed by atoms with Gasteiger partial charge < -0.3 is 5.32 Å². The van der Waals surface area contributed by atoms with Gasteiger partial charge in [-0.1, -0.05) is 0 Å². The molecule has 1 aliphatic rings. The molecule has 1 atom stereocenters. The summed E-state index contributed by atoms with van der Waals surface area (Å²) in [4.78, 5) is 13.7. The minimum atomic E-state index is -0.0867. The van der Waals surface area contributed by atoms with E-state index in [-0.39, 0.29) is 17.6 Å². The second-order valence-corrected chi connectivity index (χ2v) is 7.40. The van der Waals surface area contributed by atoms with Gasteiger partial charge in [0.15, 0.2) is 0 Å². The fourth-order valence-electron chi connectivity index (χ4n) is 2.74. The number of aryl methyl sites for hydroxylation is 1. The zero-order valence-corrected chi connectivity index (χ0v) is 14.5. The van der Waals surface area contributed by atoms with E-state index in [0.29, 0.717) is 4.47 Å². The number of hydrogen-bond donors (Lipinski definition) is 1. The van der Waals surface area contributed by atoms with Crippen LogP contribution < -0.4 is 10.9 Å². The standard InChI is InChI=1S/C15H18BrN3OS/c1-9(2)19-15(20)14(16)12(8-17-19)18-11-4-3-5-13-10(11)6-7-21-13/h6-9,11,18H,3-5H2,1-2H3. The average molecular weight is 368 g/mol. The predicted octanol–water partition coefficient (Wildman–Crippen LogP) is 4.14. The van der Waals surface area contributed by atoms with E-state index in [2.05, 4.69) is 37.8 Å². The number of anilines is 1. The van der Waals surface area contributed by atoms with Gasteiger partial charge in [0.2, 0.25) is 0 Å². The summed E-state index contributed by atoms with van der Waals surface area (Å²) in [7, 11) is 0. The molecule has 2 heterocycles. The fourth-order valence-corrected chi connectivity index (χ4v) is 4.12. The van der Waals surface area contributed by atoms with E-state index in [0.717, 1.165) is 12.1 Å². The van der Waals surface area contributed by atoms with Crippen molar-refractivity contribution in [3.8, 4) is 0 Å². The van der Waals surface area contributed by atoms with Crippen LogP contribution in [0.1, 0.15) is 49.2 Å². The van der Waals surface area contributed by atoms with Crippen LogP contribution in [0.2, 0.25) is 0 Å². The van der Waals surface area contributed by atoms with E-state index in [1.807, 2.05) is 25.2 Å². The number of rotatable bonds is 3. The van der Waals surface area contributed by atoms with E-state index < -0.39 is 0 Å². The number of aromatic nitrogens is 2. The highest BCUT2D eigenvalue weighted by Crippen LogP contribution is 2.36. The van der Waals surface area contributed by atoms with Crippen molar-refractivity contribution in [2.24, 2.45) is 0 Å². The zero-order valence-electron chi connectivity index (χ0n) is 12.1. The summed E-state index contributed by atoms with van der Waals surface area (Å²) in [5, 5.41) is 9.89. The lowest BCUT2D eigenvalue weighted by Gasteiger charge is -2.25. The Labute approximate surface area is 136 Å². The molecule has 0 spiro atoms. The molecule has 4 nitrogen and oxygen atoms in total. The average Bonchev–Trinajstić information content (AvgIpc) is 2.93. The summed E-state index contributed by atoms with van der Waals surface area (Å²) in [5.74, 6) is 0. The molecule has 2 aromatic rings. The van der Waals surface area contributed by atoms with Crippen molar-refractivity contribution in [1.82, 2.24) is 9.78 Å². The van der Waals surface area contributed by atoms with Crippen molar-refractivity contribution in [2.45, 2.75) is 45.2 Å². The Morgan fingerprint density at radius 2 is 2.33 bits per heavy atom. The van der Waals surface area contributed by atoms with E-state index in [1.165, 1.54) is 28.0 Å². The van der Waals surface area contributed by atoms with E-state index >= 15 is 0 Å². The molecule has 1 aliphatic carbocycles. The second-order valence-electron chi connectivity index (χ2n) is 5.60. The summed E-state index contributed by atoms with van der Waals surface area (Å²) in [6.07, 6.45) is 5.18. The van der Waals surface area contributed by atoms with E-state index in [1.54, 1.807) is 6.20 Å². The Hall–Kier alpha value is -1.14. The molecule has 1 N–H and O–H groups in total. The number of nitrogens with one attached hydrogen (secondary N) is 1. The van der Waals surface area contributed by atoms with Crippen molar-refractivity contribution in [3.63, 3.8) is 0 Å². The van der Waals surface area contributed by atoms with Crippen molar-refractivity contribution in [3.05, 3.63) is 42.9 Å². The summed E-state index contributed by atoms with van der Waals surface area (Å²) in [6.45, 7) is 3.90. The maximum Gasteiger partial charge on any atom is 0.283 e. The van der Waals surface area contributed by atoms with Crippen LogP contribution in [0.5, 0.6) is 0 Å². The first-order valence-electron chi connectivity index (χ1n) is 7.18. The van der Waals surface area contributed by atoms with Gasteiger partial charge in [0.1, 0.15) is 4.47 Å². The third-order valence-corrected chi connectivity index (χ3v) is 5.58. The first-order valence-corrected chi connectivity index (χ1v) is 8.85. The summed E-state index contributed by atoms with van der Waals surface area (Å²) in [6, 6.07) is 2.52. The van der Waals surface area contributed by atoms with Gasteiger partial charge in [-0.15, -0.1) is 11.3 Å². The summed E-state index contributed by atoms with van der Waals surface area (Å²) in [5.41, 5.74) is 2.06. The SMILES string of the molecule is CC(C)n1ncc(NC2CCCc3sccc32)c(Br)c1=O. The number of fused-ring (bicyclic) bond motifs is 1. The molecule has 0 amide bonds. The lowest BCUT2D eigenvalue weighted by molar-refractivity contribution is 0.500. The maximum atomic E-state index is 12.3. The predicted molar refractivity (Wildman–Crippen MR) is 90.2 cm³/mol. The maximum absolute atomic E-state index is 12.3. The van der Waals surface area contributed by atoms with Gasteiger partial charge in [-0.3, -0.25) is 4.79 Å². The van der Waals surface area contributed by atoms with Gasteiger partial charge >= 0.3 is 0 Å². The molecule has 112 valence electrons. The van der Waals surface area contributed by atoms with Crippen LogP contribution in [0.25, 0.3) is 0 Å². The van der Waals surface area contributed by atoms with Gasteiger partial charge in [0.25, 0.3) is 5.56 Å². The molecule has 0 radical (unpaired) electrons. The Kier molecular flexibility index (Phi) is 4.17. The Morgan fingerprint density at radius 3 is 3.10 bits per heavy atom. The number of hydrogen-bond acceptors (Lipinski definition) is 4. The lowest BCUT2D eigenvalue weighted by atomic mass is 9.94. The van der Waals surface area contributed by atoms with Gasteiger partial charge in [0, 0.05) is 4.88 Å². The molecular formula is C15H18BrN3OS. The van der Waals surface area contributed by atoms with Crippen molar-refractivity contribution in [1.29, 1.82) is 0 Å². The van der Waals surface area contributed by atoms with Crippen LogP contribution in [-0.2, 0) is 6.42 Å². The highest BCUT2D eigenvalue weighted by molar-refractivity contribution is 9.10. The van der Waals surface area contributed by atoms with Crippen molar-refractivity contribution < 1.29 is 0 Å². The number of halogens is 1. The third-order valence-electron chi connectivity index (χ3n) is 3.81. The fraction of sp³-hybridized carbons (Fsp3) is 0.467. The van der Waals surface area contributed by atoms with E-state index in [4.69, 9.17) is 0 Å². The molecule has 0 saturated carbocycles. The molecule has 3 rings (SSSR count). The molecule has 0 aromatic carbocycles. The molecule has 6 heteroatoms. The molecule has 21 heavy (non-hydrogen) atoms. The lowest BCUT2D eigenvalue weighted by Crippen LogP contribution is -2.27. The third kappa shape index (κ3) is 2.79. The van der Waals surface area contributed by atoms with Gasteiger partial charge in [-0.2, -0.15) is 5.10 Å². The highest BCUT2D eigenvalue weighted by Gasteiger charge is 2.22. The monoisotopic (exact) mass is 367 g/mol. The number of thiophene rings is 1. The Morgan fingerprint density at radius 1 is 1.52 bits per heavy atom. The largest absolute Gasteiger partial charge is 0.376 e. The minimum Gasteiger partial charge on any atom is -0.376 e. The first kappa shape index (κ1) is 14.8. The zero-order chi connectivity index (χ0) is 15.0. The van der Waals surface area contributed by atoms with Crippen LogP contribution in [0, 0.1) is 0 Å². The molecule has 0 bridgehead atoms. The molecular weight excluding hydrogens is 350 g/mol. The minimum absolute atomic E-state index is 0.0565. The topological polar surface area (TPSA) is 46.9 Å².